The number of nitrogens with zero attached hydrogens (tertiary/aromatic N) is 1. The van der Waals surface area contributed by atoms with Crippen LogP contribution in [0, 0.1) is 0 Å². The van der Waals surface area contributed by atoms with Crippen LogP contribution in [0.15, 0.2) is 28.2 Å². The molecule has 1 aliphatic rings. The van der Waals surface area contributed by atoms with Crippen molar-refractivity contribution in [2.45, 2.75) is 13.3 Å². The van der Waals surface area contributed by atoms with E-state index in [9.17, 15) is 0 Å². The van der Waals surface area contributed by atoms with Gasteiger partial charge in [-0.15, -0.1) is 0 Å². The Bertz CT molecular complexity index is 201. The highest BCUT2D eigenvalue weighted by Gasteiger charge is 1.99. The van der Waals surface area contributed by atoms with Gasteiger partial charge in [0.25, 0.3) is 0 Å². The maximum absolute atomic E-state index is 5.18. The Morgan fingerprint density at radius 1 is 1.70 bits per heavy atom. The van der Waals surface area contributed by atoms with Crippen molar-refractivity contribution in [3.8, 4) is 0 Å². The molecule has 0 fully saturated rings. The first-order valence-electron chi connectivity index (χ1n) is 3.09. The van der Waals surface area contributed by atoms with Crippen LogP contribution in [0.3, 0.4) is 0 Å². The molecule has 0 aromatic carbocycles. The molecule has 10 heavy (non-hydrogen) atoms. The molecule has 0 aromatic heterocycles. The van der Waals surface area contributed by atoms with Gasteiger partial charge in [-0.05, 0) is 13.0 Å². The zero-order valence-corrected chi connectivity index (χ0v) is 6.69. The normalized spacial score (nSPS) is 21.4. The van der Waals surface area contributed by atoms with Crippen molar-refractivity contribution < 1.29 is 0 Å². The van der Waals surface area contributed by atoms with Crippen LogP contribution >= 0.6 is 12.1 Å². The second-order valence-electron chi connectivity index (χ2n) is 2.24. The summed E-state index contributed by atoms with van der Waals surface area (Å²) in [4.78, 5) is 0. The fourth-order valence-electron chi connectivity index (χ4n) is 0.857. The van der Waals surface area contributed by atoms with E-state index in [0.29, 0.717) is 0 Å². The van der Waals surface area contributed by atoms with Crippen molar-refractivity contribution in [2.75, 3.05) is 0 Å². The third-order valence-electron chi connectivity index (χ3n) is 1.30. The molecule has 0 spiro atoms. The van der Waals surface area contributed by atoms with E-state index in [4.69, 9.17) is 5.14 Å². The lowest BCUT2D eigenvalue weighted by atomic mass is 10.1. The minimum Gasteiger partial charge on any atom is -0.258 e. The maximum atomic E-state index is 5.18. The Kier molecular flexibility index (Phi) is 2.71. The van der Waals surface area contributed by atoms with Gasteiger partial charge < -0.3 is 0 Å². The second-order valence-corrected chi connectivity index (χ2v) is 2.63. The van der Waals surface area contributed by atoms with E-state index in [-0.39, 0.29) is 0 Å². The molecule has 1 aliphatic carbocycles. The summed E-state index contributed by atoms with van der Waals surface area (Å²) in [5, 5.41) is 5.18. The van der Waals surface area contributed by atoms with E-state index < -0.39 is 0 Å². The summed E-state index contributed by atoms with van der Waals surface area (Å²) in [5.74, 6) is 0. The molecule has 54 valence electrons. The summed E-state index contributed by atoms with van der Waals surface area (Å²) in [7, 11) is 0. The van der Waals surface area contributed by atoms with E-state index in [0.717, 1.165) is 24.3 Å². The third-order valence-corrected chi connectivity index (χ3v) is 1.64. The predicted molar refractivity (Wildman–Crippen MR) is 46.7 cm³/mol. The van der Waals surface area contributed by atoms with Gasteiger partial charge >= 0.3 is 0 Å². The summed E-state index contributed by atoms with van der Waals surface area (Å²) in [6, 6.07) is 0. The zero-order valence-electron chi connectivity index (χ0n) is 5.87. The molecule has 0 aliphatic heterocycles. The van der Waals surface area contributed by atoms with E-state index in [1.54, 1.807) is 0 Å². The lowest BCUT2D eigenvalue weighted by Crippen LogP contribution is -1.97. The van der Waals surface area contributed by atoms with Crippen LogP contribution in [0.1, 0.15) is 13.3 Å². The molecule has 0 saturated carbocycles. The van der Waals surface area contributed by atoms with Crippen molar-refractivity contribution in [1.29, 1.82) is 0 Å². The summed E-state index contributed by atoms with van der Waals surface area (Å²) in [5.41, 5.74) is 2.38. The first-order valence-corrected chi connectivity index (χ1v) is 3.93. The highest BCUT2D eigenvalue weighted by atomic mass is 32.2. The van der Waals surface area contributed by atoms with Gasteiger partial charge in [0.2, 0.25) is 0 Å². The van der Waals surface area contributed by atoms with Crippen LogP contribution < -0.4 is 5.14 Å². The summed E-state index contributed by atoms with van der Waals surface area (Å²) < 4.78 is 4.02. The van der Waals surface area contributed by atoms with E-state index in [1.807, 2.05) is 12.2 Å². The molecule has 0 amide bonds. The molecule has 0 atom stereocenters. The first-order chi connectivity index (χ1) is 4.83. The Morgan fingerprint density at radius 3 is 3.10 bits per heavy atom. The Balaban J connectivity index is 2.64. The molecule has 2 N–H and O–H groups in total. The average molecular weight is 154 g/mol. The molecule has 0 unspecified atom stereocenters. The average Bonchev–Trinajstić information content (AvgIpc) is 1.88. The van der Waals surface area contributed by atoms with Crippen molar-refractivity contribution in [3.05, 3.63) is 23.8 Å². The number of allylic oxidation sites excluding steroid dienone is 4. The molecule has 0 saturated heterocycles. The SMILES string of the molecule is CC1=CC=C/C(=N/SN)C1. The van der Waals surface area contributed by atoms with Gasteiger partial charge in [-0.1, -0.05) is 17.7 Å². The summed E-state index contributed by atoms with van der Waals surface area (Å²) >= 11 is 1.02. The van der Waals surface area contributed by atoms with Gasteiger partial charge in [-0.2, -0.15) is 0 Å². The fourth-order valence-corrected chi connectivity index (χ4v) is 1.12. The van der Waals surface area contributed by atoms with Crippen LogP contribution in [0.4, 0.5) is 0 Å². The highest BCUT2D eigenvalue weighted by molar-refractivity contribution is 7.95. The van der Waals surface area contributed by atoms with E-state index in [1.165, 1.54) is 5.57 Å². The maximum Gasteiger partial charge on any atom is 0.0558 e. The molecule has 0 radical (unpaired) electrons. The molecule has 0 bridgehead atoms. The lowest BCUT2D eigenvalue weighted by Gasteiger charge is -2.03. The van der Waals surface area contributed by atoms with Crippen LogP contribution in [0.5, 0.6) is 0 Å². The largest absolute Gasteiger partial charge is 0.258 e. The smallest absolute Gasteiger partial charge is 0.0558 e. The van der Waals surface area contributed by atoms with Gasteiger partial charge in [-0.25, -0.2) is 4.40 Å². The lowest BCUT2D eigenvalue weighted by molar-refractivity contribution is 1.25. The Labute approximate surface area is 65.2 Å². The van der Waals surface area contributed by atoms with Crippen LogP contribution in [-0.4, -0.2) is 5.71 Å². The monoisotopic (exact) mass is 154 g/mol. The topological polar surface area (TPSA) is 38.4 Å². The molecular formula is C7H10N2S. The van der Waals surface area contributed by atoms with Crippen molar-refractivity contribution in [2.24, 2.45) is 9.54 Å². The van der Waals surface area contributed by atoms with Crippen LogP contribution in [0.25, 0.3) is 0 Å². The van der Waals surface area contributed by atoms with Gasteiger partial charge in [0.1, 0.15) is 0 Å². The van der Waals surface area contributed by atoms with Gasteiger partial charge in [0.15, 0.2) is 0 Å². The minimum atomic E-state index is 0.931. The van der Waals surface area contributed by atoms with Crippen LogP contribution in [0.2, 0.25) is 0 Å². The molecule has 0 aromatic rings. The molecule has 3 heteroatoms. The number of hydrogen-bond donors (Lipinski definition) is 1. The Hall–Kier alpha value is -0.540. The third kappa shape index (κ3) is 2.01. The standard InChI is InChI=1S/C7H10N2S/c1-6-3-2-4-7(5-6)9-10-8/h2-4H,5,8H2,1H3/b9-7-. The zero-order chi connectivity index (χ0) is 7.40. The van der Waals surface area contributed by atoms with Crippen molar-refractivity contribution in [3.63, 3.8) is 0 Å². The van der Waals surface area contributed by atoms with Gasteiger partial charge in [-0.3, -0.25) is 5.14 Å². The van der Waals surface area contributed by atoms with Crippen molar-refractivity contribution >= 4 is 17.8 Å². The first kappa shape index (κ1) is 7.57. The summed E-state index contributed by atoms with van der Waals surface area (Å²) in [6.45, 7) is 2.08. The van der Waals surface area contributed by atoms with E-state index >= 15 is 0 Å². The number of nitrogens with two attached hydrogens (primary N) is 1. The Morgan fingerprint density at radius 2 is 2.50 bits per heavy atom. The highest BCUT2D eigenvalue weighted by Crippen LogP contribution is 2.10. The van der Waals surface area contributed by atoms with E-state index in [2.05, 4.69) is 17.4 Å². The summed E-state index contributed by atoms with van der Waals surface area (Å²) in [6.07, 6.45) is 6.99. The van der Waals surface area contributed by atoms with Gasteiger partial charge in [0, 0.05) is 6.42 Å². The van der Waals surface area contributed by atoms with Gasteiger partial charge in [0.05, 0.1) is 17.8 Å². The molecule has 1 rings (SSSR count). The number of hydrogen-bond acceptors (Lipinski definition) is 3. The second kappa shape index (κ2) is 3.58. The number of rotatable bonds is 1. The quantitative estimate of drug-likeness (QED) is 0.585. The molecular weight excluding hydrogens is 144 g/mol. The molecule has 2 nitrogen and oxygen atoms in total. The van der Waals surface area contributed by atoms with Crippen LogP contribution in [-0.2, 0) is 0 Å². The fraction of sp³-hybridized carbons (Fsp3) is 0.286. The predicted octanol–water partition coefficient (Wildman–Crippen LogP) is 1.86. The van der Waals surface area contributed by atoms with Crippen molar-refractivity contribution in [1.82, 2.24) is 0 Å². The minimum absolute atomic E-state index is 0.931. The molecule has 0 heterocycles.